The number of fused-ring (bicyclic) bond motifs is 1. The predicted octanol–water partition coefficient (Wildman–Crippen LogP) is 4.75. The lowest BCUT2D eigenvalue weighted by molar-refractivity contribution is -0.133. The molecule has 0 atom stereocenters. The fraction of sp³-hybridized carbons (Fsp3) is 0.464. The van der Waals surface area contributed by atoms with Crippen LogP contribution in [0.3, 0.4) is 0 Å². The Morgan fingerprint density at radius 3 is 2.62 bits per heavy atom. The molecule has 1 aliphatic heterocycles. The highest BCUT2D eigenvalue weighted by atomic mass is 16.2. The molecule has 4 rings (SSSR count). The van der Waals surface area contributed by atoms with Crippen LogP contribution in [0.15, 0.2) is 48.5 Å². The number of amides is 2. The Labute approximate surface area is 202 Å². The third-order valence-corrected chi connectivity index (χ3v) is 6.81. The van der Waals surface area contributed by atoms with Gasteiger partial charge in [0.05, 0.1) is 11.0 Å². The first-order valence-corrected chi connectivity index (χ1v) is 12.6. The monoisotopic (exact) mass is 460 g/mol. The molecular formula is C28H36N4O2. The van der Waals surface area contributed by atoms with Crippen LogP contribution in [0.2, 0.25) is 0 Å². The van der Waals surface area contributed by atoms with E-state index in [-0.39, 0.29) is 11.8 Å². The Hall–Kier alpha value is -3.15. The lowest BCUT2D eigenvalue weighted by Gasteiger charge is -2.30. The van der Waals surface area contributed by atoms with Gasteiger partial charge in [-0.05, 0) is 62.8 Å². The maximum atomic E-state index is 13.0. The van der Waals surface area contributed by atoms with Crippen molar-refractivity contribution in [2.75, 3.05) is 19.6 Å². The molecular weight excluding hydrogens is 424 g/mol. The summed E-state index contributed by atoms with van der Waals surface area (Å²) in [6, 6.07) is 15.7. The number of hydrogen-bond acceptors (Lipinski definition) is 3. The summed E-state index contributed by atoms with van der Waals surface area (Å²) in [6.07, 6.45) is 5.88. The second kappa shape index (κ2) is 11.3. The highest BCUT2D eigenvalue weighted by Gasteiger charge is 2.22. The molecule has 6 nitrogen and oxygen atoms in total. The zero-order chi connectivity index (χ0) is 23.9. The average molecular weight is 461 g/mol. The highest BCUT2D eigenvalue weighted by Crippen LogP contribution is 2.20. The SMILES string of the molecule is Cc1cccc(C(=O)NCCCCCc2nc3ccccc3n2CC(=O)N2CCC(C)CC2)c1. The second-order valence-electron chi connectivity index (χ2n) is 9.60. The first-order chi connectivity index (χ1) is 16.5. The van der Waals surface area contributed by atoms with Gasteiger partial charge < -0.3 is 14.8 Å². The number of carbonyl (C=O) groups is 2. The van der Waals surface area contributed by atoms with Crippen LogP contribution in [-0.4, -0.2) is 45.9 Å². The van der Waals surface area contributed by atoms with E-state index in [1.165, 1.54) is 0 Å². The topological polar surface area (TPSA) is 67.2 Å². The molecule has 0 spiro atoms. The van der Waals surface area contributed by atoms with Gasteiger partial charge in [0.15, 0.2) is 0 Å². The Kier molecular flexibility index (Phi) is 7.99. The summed E-state index contributed by atoms with van der Waals surface area (Å²) in [4.78, 5) is 32.2. The Morgan fingerprint density at radius 2 is 1.82 bits per heavy atom. The van der Waals surface area contributed by atoms with Crippen LogP contribution in [0.25, 0.3) is 11.0 Å². The maximum absolute atomic E-state index is 13.0. The van der Waals surface area contributed by atoms with Gasteiger partial charge >= 0.3 is 0 Å². The van der Waals surface area contributed by atoms with Crippen molar-refractivity contribution in [3.8, 4) is 0 Å². The van der Waals surface area contributed by atoms with Crippen molar-refractivity contribution in [1.29, 1.82) is 0 Å². The Morgan fingerprint density at radius 1 is 1.03 bits per heavy atom. The lowest BCUT2D eigenvalue weighted by Crippen LogP contribution is -2.39. The van der Waals surface area contributed by atoms with E-state index in [0.29, 0.717) is 24.6 Å². The van der Waals surface area contributed by atoms with Crippen molar-refractivity contribution in [3.05, 3.63) is 65.5 Å². The van der Waals surface area contributed by atoms with Gasteiger partial charge in [0.25, 0.3) is 5.91 Å². The van der Waals surface area contributed by atoms with Crippen LogP contribution < -0.4 is 5.32 Å². The molecule has 180 valence electrons. The van der Waals surface area contributed by atoms with Crippen molar-refractivity contribution in [2.45, 2.75) is 58.9 Å². The van der Waals surface area contributed by atoms with Crippen LogP contribution in [-0.2, 0) is 17.8 Å². The van der Waals surface area contributed by atoms with Gasteiger partial charge in [-0.1, -0.05) is 43.2 Å². The molecule has 1 fully saturated rings. The highest BCUT2D eigenvalue weighted by molar-refractivity contribution is 5.94. The van der Waals surface area contributed by atoms with E-state index in [2.05, 4.69) is 22.9 Å². The Bertz CT molecular complexity index is 1130. The predicted molar refractivity (Wildman–Crippen MR) is 136 cm³/mol. The second-order valence-corrected chi connectivity index (χ2v) is 9.60. The number of unbranched alkanes of at least 4 members (excludes halogenated alkanes) is 2. The molecule has 0 bridgehead atoms. The summed E-state index contributed by atoms with van der Waals surface area (Å²) in [5.74, 6) is 1.85. The summed E-state index contributed by atoms with van der Waals surface area (Å²) in [7, 11) is 0. The van der Waals surface area contributed by atoms with E-state index in [1.54, 1.807) is 0 Å². The smallest absolute Gasteiger partial charge is 0.251 e. The molecule has 1 aliphatic rings. The minimum absolute atomic E-state index is 0.0175. The number of nitrogens with zero attached hydrogens (tertiary/aromatic N) is 3. The quantitative estimate of drug-likeness (QED) is 0.469. The van der Waals surface area contributed by atoms with E-state index in [0.717, 1.165) is 74.0 Å². The van der Waals surface area contributed by atoms with Crippen LogP contribution in [0.1, 0.15) is 60.8 Å². The number of hydrogen-bond donors (Lipinski definition) is 1. The fourth-order valence-corrected chi connectivity index (χ4v) is 4.66. The van der Waals surface area contributed by atoms with Crippen molar-refractivity contribution >= 4 is 22.8 Å². The first kappa shape index (κ1) is 24.0. The Balaban J connectivity index is 1.29. The molecule has 0 unspecified atom stereocenters. The number of aryl methyl sites for hydroxylation is 2. The van der Waals surface area contributed by atoms with Gasteiger partial charge in [0, 0.05) is 31.6 Å². The largest absolute Gasteiger partial charge is 0.352 e. The number of imidazole rings is 1. The number of piperidine rings is 1. The van der Waals surface area contributed by atoms with Gasteiger partial charge in [0.1, 0.15) is 12.4 Å². The molecule has 1 aromatic heterocycles. The molecule has 3 aromatic rings. The summed E-state index contributed by atoms with van der Waals surface area (Å²) < 4.78 is 2.11. The van der Waals surface area contributed by atoms with Crippen molar-refractivity contribution < 1.29 is 9.59 Å². The fourth-order valence-electron chi connectivity index (χ4n) is 4.66. The molecule has 0 aliphatic carbocycles. The van der Waals surface area contributed by atoms with Gasteiger partial charge in [-0.15, -0.1) is 0 Å². The molecule has 0 saturated carbocycles. The number of aromatic nitrogens is 2. The summed E-state index contributed by atoms with van der Waals surface area (Å²) in [6.45, 7) is 6.99. The van der Waals surface area contributed by atoms with Crippen molar-refractivity contribution in [3.63, 3.8) is 0 Å². The van der Waals surface area contributed by atoms with E-state index in [4.69, 9.17) is 4.98 Å². The molecule has 6 heteroatoms. The third kappa shape index (κ3) is 6.04. The lowest BCUT2D eigenvalue weighted by atomic mass is 9.99. The molecule has 2 aromatic carbocycles. The molecule has 1 N–H and O–H groups in total. The van der Waals surface area contributed by atoms with Gasteiger partial charge in [0.2, 0.25) is 5.91 Å². The summed E-state index contributed by atoms with van der Waals surface area (Å²) in [5, 5.41) is 3.01. The van der Waals surface area contributed by atoms with E-state index in [1.807, 2.05) is 54.3 Å². The third-order valence-electron chi connectivity index (χ3n) is 6.81. The number of carbonyl (C=O) groups excluding carboxylic acids is 2. The van der Waals surface area contributed by atoms with Crippen molar-refractivity contribution in [2.24, 2.45) is 5.92 Å². The zero-order valence-electron chi connectivity index (χ0n) is 20.4. The van der Waals surface area contributed by atoms with Gasteiger partial charge in [-0.2, -0.15) is 0 Å². The number of rotatable bonds is 9. The molecule has 1 saturated heterocycles. The minimum atomic E-state index is -0.0175. The molecule has 2 heterocycles. The van der Waals surface area contributed by atoms with E-state index >= 15 is 0 Å². The molecule has 34 heavy (non-hydrogen) atoms. The summed E-state index contributed by atoms with van der Waals surface area (Å²) >= 11 is 0. The van der Waals surface area contributed by atoms with E-state index in [9.17, 15) is 9.59 Å². The van der Waals surface area contributed by atoms with Crippen LogP contribution in [0.4, 0.5) is 0 Å². The van der Waals surface area contributed by atoms with Crippen LogP contribution in [0, 0.1) is 12.8 Å². The molecule has 0 radical (unpaired) electrons. The molecule has 2 amide bonds. The normalized spacial score (nSPS) is 14.5. The average Bonchev–Trinajstić information content (AvgIpc) is 3.18. The van der Waals surface area contributed by atoms with E-state index < -0.39 is 0 Å². The standard InChI is InChI=1S/C28H36N4O2/c1-21-14-17-31(18-15-21)27(33)20-32-25-12-6-5-11-24(25)30-26(32)13-4-3-7-16-29-28(34)23-10-8-9-22(2)19-23/h5-6,8-12,19,21H,3-4,7,13-18,20H2,1-2H3,(H,29,34). The first-order valence-electron chi connectivity index (χ1n) is 12.6. The minimum Gasteiger partial charge on any atom is -0.352 e. The van der Waals surface area contributed by atoms with Gasteiger partial charge in [-0.25, -0.2) is 4.98 Å². The maximum Gasteiger partial charge on any atom is 0.251 e. The van der Waals surface area contributed by atoms with Crippen LogP contribution >= 0.6 is 0 Å². The summed E-state index contributed by atoms with van der Waals surface area (Å²) in [5.41, 5.74) is 3.77. The number of likely N-dealkylation sites (tertiary alicyclic amines) is 1. The van der Waals surface area contributed by atoms with Crippen LogP contribution in [0.5, 0.6) is 0 Å². The van der Waals surface area contributed by atoms with Gasteiger partial charge in [-0.3, -0.25) is 9.59 Å². The number of para-hydroxylation sites is 2. The number of nitrogens with one attached hydrogen (secondary N) is 1. The zero-order valence-corrected chi connectivity index (χ0v) is 20.4. The number of benzene rings is 2. The van der Waals surface area contributed by atoms with Crippen molar-refractivity contribution in [1.82, 2.24) is 19.8 Å².